The Labute approximate surface area is 142 Å². The standard InChI is InChI=1S/C17H17N3O3S/c1-19(11-12-5-3-2-4-6-12)14(21)7-9-20-16(22)15-13(8-10-24-15)18-17(20)23/h2-6,8,10H,7,9,11H2,1H3,(H,18,23). The zero-order chi connectivity index (χ0) is 17.1. The molecule has 1 aromatic carbocycles. The van der Waals surface area contributed by atoms with Crippen molar-refractivity contribution in [3.8, 4) is 0 Å². The molecule has 2 heterocycles. The van der Waals surface area contributed by atoms with Crippen LogP contribution in [0.2, 0.25) is 0 Å². The van der Waals surface area contributed by atoms with E-state index in [9.17, 15) is 14.4 Å². The first-order chi connectivity index (χ1) is 11.6. The number of hydrogen-bond acceptors (Lipinski definition) is 4. The lowest BCUT2D eigenvalue weighted by atomic mass is 10.2. The molecule has 1 N–H and O–H groups in total. The minimum Gasteiger partial charge on any atom is -0.341 e. The molecule has 0 radical (unpaired) electrons. The summed E-state index contributed by atoms with van der Waals surface area (Å²) in [5, 5.41) is 1.76. The molecule has 124 valence electrons. The number of aromatic nitrogens is 2. The van der Waals surface area contributed by atoms with Gasteiger partial charge in [-0.2, -0.15) is 0 Å². The first kappa shape index (κ1) is 16.2. The molecule has 0 atom stereocenters. The maximum atomic E-state index is 12.3. The van der Waals surface area contributed by atoms with Gasteiger partial charge in [0.05, 0.1) is 5.52 Å². The van der Waals surface area contributed by atoms with Gasteiger partial charge in [0, 0.05) is 26.6 Å². The van der Waals surface area contributed by atoms with E-state index in [1.807, 2.05) is 30.3 Å². The van der Waals surface area contributed by atoms with Crippen molar-refractivity contribution < 1.29 is 4.79 Å². The number of thiophene rings is 1. The Kier molecular flexibility index (Phi) is 4.61. The summed E-state index contributed by atoms with van der Waals surface area (Å²) in [5.41, 5.74) is 0.744. The molecule has 24 heavy (non-hydrogen) atoms. The van der Waals surface area contributed by atoms with Crippen LogP contribution in [0.15, 0.2) is 51.4 Å². The van der Waals surface area contributed by atoms with Gasteiger partial charge in [-0.15, -0.1) is 11.3 Å². The lowest BCUT2D eigenvalue weighted by Crippen LogP contribution is -2.36. The monoisotopic (exact) mass is 343 g/mol. The van der Waals surface area contributed by atoms with E-state index in [-0.39, 0.29) is 24.4 Å². The van der Waals surface area contributed by atoms with Crippen molar-refractivity contribution in [2.75, 3.05) is 7.05 Å². The van der Waals surface area contributed by atoms with E-state index in [0.29, 0.717) is 16.8 Å². The molecule has 3 aromatic rings. The molecule has 3 rings (SSSR count). The SMILES string of the molecule is CN(Cc1ccccc1)C(=O)CCn1c(=O)[nH]c2ccsc2c1=O. The van der Waals surface area contributed by atoms with Crippen LogP contribution in [0.4, 0.5) is 0 Å². The number of hydrogen-bond donors (Lipinski definition) is 1. The molecule has 0 unspecified atom stereocenters. The number of carbonyl (C=O) groups excluding carboxylic acids is 1. The van der Waals surface area contributed by atoms with Crippen LogP contribution in [-0.2, 0) is 17.9 Å². The number of rotatable bonds is 5. The van der Waals surface area contributed by atoms with Crippen molar-refractivity contribution in [1.29, 1.82) is 0 Å². The Balaban J connectivity index is 1.70. The normalized spacial score (nSPS) is 10.9. The number of fused-ring (bicyclic) bond motifs is 1. The molecule has 0 saturated carbocycles. The highest BCUT2D eigenvalue weighted by Crippen LogP contribution is 2.12. The molecule has 0 aliphatic rings. The molecule has 0 aliphatic heterocycles. The smallest absolute Gasteiger partial charge is 0.328 e. The highest BCUT2D eigenvalue weighted by Gasteiger charge is 2.13. The first-order valence-corrected chi connectivity index (χ1v) is 8.42. The topological polar surface area (TPSA) is 75.2 Å². The highest BCUT2D eigenvalue weighted by molar-refractivity contribution is 7.17. The van der Waals surface area contributed by atoms with Crippen molar-refractivity contribution in [3.05, 3.63) is 68.2 Å². The van der Waals surface area contributed by atoms with Crippen LogP contribution in [0.25, 0.3) is 10.2 Å². The highest BCUT2D eigenvalue weighted by atomic mass is 32.1. The molecule has 0 saturated heterocycles. The van der Waals surface area contributed by atoms with E-state index in [4.69, 9.17) is 0 Å². The van der Waals surface area contributed by atoms with Crippen molar-refractivity contribution in [2.45, 2.75) is 19.5 Å². The summed E-state index contributed by atoms with van der Waals surface area (Å²) >= 11 is 1.28. The van der Waals surface area contributed by atoms with Gasteiger partial charge in [-0.3, -0.25) is 14.2 Å². The second-order valence-electron chi connectivity index (χ2n) is 5.54. The minimum atomic E-state index is -0.482. The van der Waals surface area contributed by atoms with Gasteiger partial charge in [-0.1, -0.05) is 30.3 Å². The van der Waals surface area contributed by atoms with Crippen molar-refractivity contribution in [1.82, 2.24) is 14.5 Å². The van der Waals surface area contributed by atoms with E-state index in [0.717, 1.165) is 10.1 Å². The number of nitrogens with zero attached hydrogens (tertiary/aromatic N) is 2. The predicted octanol–water partition coefficient (Wildman–Crippen LogP) is 1.80. The Morgan fingerprint density at radius 3 is 2.71 bits per heavy atom. The zero-order valence-corrected chi connectivity index (χ0v) is 14.0. The lowest BCUT2D eigenvalue weighted by molar-refractivity contribution is -0.130. The number of amides is 1. The van der Waals surface area contributed by atoms with E-state index in [1.54, 1.807) is 23.4 Å². The predicted molar refractivity (Wildman–Crippen MR) is 94.2 cm³/mol. The van der Waals surface area contributed by atoms with Gasteiger partial charge < -0.3 is 9.88 Å². The second-order valence-corrected chi connectivity index (χ2v) is 6.45. The van der Waals surface area contributed by atoms with Gasteiger partial charge in [0.15, 0.2) is 0 Å². The Bertz CT molecular complexity index is 972. The molecule has 2 aromatic heterocycles. The van der Waals surface area contributed by atoms with Crippen LogP contribution < -0.4 is 11.2 Å². The Morgan fingerprint density at radius 1 is 1.21 bits per heavy atom. The molecule has 0 bridgehead atoms. The number of carbonyl (C=O) groups is 1. The molecule has 1 amide bonds. The molecule has 7 heteroatoms. The van der Waals surface area contributed by atoms with Gasteiger partial charge in [0.1, 0.15) is 4.70 Å². The van der Waals surface area contributed by atoms with Crippen LogP contribution in [0.3, 0.4) is 0 Å². The van der Waals surface area contributed by atoms with Crippen molar-refractivity contribution >= 4 is 27.5 Å². The first-order valence-electron chi connectivity index (χ1n) is 7.54. The second kappa shape index (κ2) is 6.84. The molecule has 0 fully saturated rings. The largest absolute Gasteiger partial charge is 0.341 e. The van der Waals surface area contributed by atoms with E-state index < -0.39 is 5.69 Å². The van der Waals surface area contributed by atoms with Gasteiger partial charge in [-0.25, -0.2) is 4.79 Å². The van der Waals surface area contributed by atoms with Crippen LogP contribution in [-0.4, -0.2) is 27.4 Å². The number of H-pyrrole nitrogens is 1. The lowest BCUT2D eigenvalue weighted by Gasteiger charge is -2.17. The summed E-state index contributed by atoms with van der Waals surface area (Å²) in [6.45, 7) is 0.564. The summed E-state index contributed by atoms with van der Waals surface area (Å²) in [7, 11) is 1.71. The van der Waals surface area contributed by atoms with Gasteiger partial charge >= 0.3 is 5.69 Å². The summed E-state index contributed by atoms with van der Waals surface area (Å²) in [6.07, 6.45) is 0.100. The third kappa shape index (κ3) is 3.30. The third-order valence-corrected chi connectivity index (χ3v) is 4.73. The van der Waals surface area contributed by atoms with E-state index in [2.05, 4.69) is 4.98 Å². The average molecular weight is 343 g/mol. The number of nitrogens with one attached hydrogen (secondary N) is 1. The minimum absolute atomic E-state index is 0.0694. The molecule has 6 nitrogen and oxygen atoms in total. The average Bonchev–Trinajstić information content (AvgIpc) is 3.03. The fourth-order valence-electron chi connectivity index (χ4n) is 2.52. The Morgan fingerprint density at radius 2 is 1.96 bits per heavy atom. The zero-order valence-electron chi connectivity index (χ0n) is 13.2. The number of benzene rings is 1. The Hall–Kier alpha value is -2.67. The summed E-state index contributed by atoms with van der Waals surface area (Å²) in [6, 6.07) is 11.4. The quantitative estimate of drug-likeness (QED) is 0.767. The molecular formula is C17H17N3O3S. The maximum Gasteiger partial charge on any atom is 0.328 e. The van der Waals surface area contributed by atoms with Gasteiger partial charge in [-0.05, 0) is 17.0 Å². The molecular weight excluding hydrogens is 326 g/mol. The maximum absolute atomic E-state index is 12.3. The fraction of sp³-hybridized carbons (Fsp3) is 0.235. The molecule has 0 aliphatic carbocycles. The number of aromatic amines is 1. The fourth-order valence-corrected chi connectivity index (χ4v) is 3.31. The molecule has 0 spiro atoms. The van der Waals surface area contributed by atoms with Crippen molar-refractivity contribution in [2.24, 2.45) is 0 Å². The summed E-state index contributed by atoms with van der Waals surface area (Å²) in [5.74, 6) is -0.114. The van der Waals surface area contributed by atoms with Crippen LogP contribution in [0.1, 0.15) is 12.0 Å². The van der Waals surface area contributed by atoms with E-state index >= 15 is 0 Å². The van der Waals surface area contributed by atoms with Crippen LogP contribution in [0, 0.1) is 0 Å². The van der Waals surface area contributed by atoms with Crippen LogP contribution in [0.5, 0.6) is 0 Å². The third-order valence-electron chi connectivity index (χ3n) is 3.83. The van der Waals surface area contributed by atoms with E-state index in [1.165, 1.54) is 11.3 Å². The summed E-state index contributed by atoms with van der Waals surface area (Å²) in [4.78, 5) is 40.8. The van der Waals surface area contributed by atoms with Crippen LogP contribution >= 0.6 is 11.3 Å². The summed E-state index contributed by atoms with van der Waals surface area (Å²) < 4.78 is 1.59. The van der Waals surface area contributed by atoms with Gasteiger partial charge in [0.2, 0.25) is 5.91 Å². The van der Waals surface area contributed by atoms with Gasteiger partial charge in [0.25, 0.3) is 5.56 Å². The van der Waals surface area contributed by atoms with Crippen molar-refractivity contribution in [3.63, 3.8) is 0 Å².